The molecule has 1 aliphatic heterocycles. The number of hydrogen-bond acceptors (Lipinski definition) is 4. The van der Waals surface area contributed by atoms with E-state index in [2.05, 4.69) is 22.3 Å². The standard InChI is InChI=1S/C15H23N3O.3ClH/c1-17(2)10-7-15(19)13-3-5-14(6-4-13)18-11-8-16-9-12-18;;;/h3-6,16H,7-12H2,1-2H3;3*1H. The number of benzene rings is 1. The Morgan fingerprint density at radius 3 is 2.14 bits per heavy atom. The van der Waals surface area contributed by atoms with E-state index in [-0.39, 0.29) is 43.0 Å². The topological polar surface area (TPSA) is 35.6 Å². The SMILES string of the molecule is CN(C)CCC(=O)c1ccc(N2CCNCC2)cc1.Cl.Cl.Cl. The Morgan fingerprint density at radius 2 is 1.64 bits per heavy atom. The van der Waals surface area contributed by atoms with Gasteiger partial charge in [0.2, 0.25) is 0 Å². The number of hydrogen-bond donors (Lipinski definition) is 1. The third-order valence-corrected chi connectivity index (χ3v) is 3.46. The molecule has 0 atom stereocenters. The summed E-state index contributed by atoms with van der Waals surface area (Å²) in [5.74, 6) is 0.223. The lowest BCUT2D eigenvalue weighted by Gasteiger charge is -2.29. The molecule has 1 aliphatic rings. The van der Waals surface area contributed by atoms with Crippen LogP contribution in [0.5, 0.6) is 0 Å². The molecule has 0 saturated carbocycles. The highest BCUT2D eigenvalue weighted by molar-refractivity contribution is 5.96. The van der Waals surface area contributed by atoms with E-state index < -0.39 is 0 Å². The predicted octanol–water partition coefficient (Wildman–Crippen LogP) is 2.50. The molecule has 2 rings (SSSR count). The van der Waals surface area contributed by atoms with E-state index in [9.17, 15) is 4.79 Å². The first-order chi connectivity index (χ1) is 9.16. The summed E-state index contributed by atoms with van der Waals surface area (Å²) < 4.78 is 0. The summed E-state index contributed by atoms with van der Waals surface area (Å²) in [7, 11) is 3.97. The van der Waals surface area contributed by atoms with Gasteiger partial charge in [-0.3, -0.25) is 4.79 Å². The minimum atomic E-state index is 0. The minimum Gasteiger partial charge on any atom is -0.369 e. The van der Waals surface area contributed by atoms with Crippen molar-refractivity contribution in [1.29, 1.82) is 0 Å². The van der Waals surface area contributed by atoms with Crippen LogP contribution in [0.1, 0.15) is 16.8 Å². The minimum absolute atomic E-state index is 0. The van der Waals surface area contributed by atoms with Crippen molar-refractivity contribution in [2.24, 2.45) is 0 Å². The molecule has 0 aromatic heterocycles. The molecule has 1 fully saturated rings. The third kappa shape index (κ3) is 7.16. The molecule has 22 heavy (non-hydrogen) atoms. The number of Topliss-reactive ketones (excluding diaryl/α,β-unsaturated/α-hetero) is 1. The lowest BCUT2D eigenvalue weighted by Crippen LogP contribution is -2.43. The van der Waals surface area contributed by atoms with Crippen LogP contribution in [0.2, 0.25) is 0 Å². The first-order valence-corrected chi connectivity index (χ1v) is 6.90. The van der Waals surface area contributed by atoms with E-state index in [1.807, 2.05) is 31.1 Å². The van der Waals surface area contributed by atoms with Gasteiger partial charge in [-0.2, -0.15) is 0 Å². The summed E-state index contributed by atoms with van der Waals surface area (Å²) in [4.78, 5) is 16.4. The molecular formula is C15H26Cl3N3O. The monoisotopic (exact) mass is 369 g/mol. The van der Waals surface area contributed by atoms with Crippen LogP contribution in [0, 0.1) is 0 Å². The zero-order chi connectivity index (χ0) is 13.7. The number of anilines is 1. The lowest BCUT2D eigenvalue weighted by molar-refractivity contribution is 0.0972. The Bertz CT molecular complexity index is 421. The van der Waals surface area contributed by atoms with Gasteiger partial charge in [-0.1, -0.05) is 0 Å². The molecule has 0 unspecified atom stereocenters. The van der Waals surface area contributed by atoms with Gasteiger partial charge < -0.3 is 15.1 Å². The number of nitrogens with one attached hydrogen (secondary N) is 1. The Labute approximate surface area is 151 Å². The summed E-state index contributed by atoms with van der Waals surface area (Å²) in [6.07, 6.45) is 0.583. The van der Waals surface area contributed by atoms with Crippen molar-refractivity contribution in [2.75, 3.05) is 51.7 Å². The largest absolute Gasteiger partial charge is 0.369 e. The highest BCUT2D eigenvalue weighted by Crippen LogP contribution is 2.16. The molecule has 7 heteroatoms. The van der Waals surface area contributed by atoms with Gasteiger partial charge in [0.25, 0.3) is 0 Å². The van der Waals surface area contributed by atoms with Crippen LogP contribution in [0.15, 0.2) is 24.3 Å². The molecule has 0 radical (unpaired) electrons. The maximum absolute atomic E-state index is 12.0. The summed E-state index contributed by atoms with van der Waals surface area (Å²) >= 11 is 0. The zero-order valence-electron chi connectivity index (χ0n) is 13.1. The van der Waals surface area contributed by atoms with Gasteiger partial charge in [-0.05, 0) is 38.4 Å². The van der Waals surface area contributed by atoms with E-state index >= 15 is 0 Å². The molecule has 0 bridgehead atoms. The Kier molecular flexibility index (Phi) is 12.9. The van der Waals surface area contributed by atoms with Crippen LogP contribution < -0.4 is 10.2 Å². The maximum atomic E-state index is 12.0. The van der Waals surface area contributed by atoms with Crippen LogP contribution in [-0.4, -0.2) is 57.5 Å². The number of rotatable bonds is 5. The molecule has 4 nitrogen and oxygen atoms in total. The average molecular weight is 371 g/mol. The highest BCUT2D eigenvalue weighted by Gasteiger charge is 2.11. The van der Waals surface area contributed by atoms with Gasteiger partial charge >= 0.3 is 0 Å². The number of ketones is 1. The molecular weight excluding hydrogens is 345 g/mol. The first kappa shape index (κ1) is 23.7. The second-order valence-electron chi connectivity index (χ2n) is 5.26. The molecule has 0 amide bonds. The summed E-state index contributed by atoms with van der Waals surface area (Å²) in [6, 6.07) is 8.03. The van der Waals surface area contributed by atoms with Crippen molar-refractivity contribution < 1.29 is 4.79 Å². The van der Waals surface area contributed by atoms with Gasteiger partial charge in [-0.25, -0.2) is 0 Å². The average Bonchev–Trinajstić information content (AvgIpc) is 2.46. The van der Waals surface area contributed by atoms with Gasteiger partial charge in [0, 0.05) is 50.4 Å². The van der Waals surface area contributed by atoms with Crippen molar-refractivity contribution in [3.05, 3.63) is 29.8 Å². The van der Waals surface area contributed by atoms with Crippen LogP contribution >= 0.6 is 37.2 Å². The van der Waals surface area contributed by atoms with Crippen molar-refractivity contribution in [3.8, 4) is 0 Å². The normalized spacial score (nSPS) is 13.7. The maximum Gasteiger partial charge on any atom is 0.164 e. The molecule has 1 aromatic carbocycles. The molecule has 1 heterocycles. The van der Waals surface area contributed by atoms with Crippen LogP contribution in [-0.2, 0) is 0 Å². The summed E-state index contributed by atoms with van der Waals surface area (Å²) in [5, 5.41) is 3.34. The fourth-order valence-electron chi connectivity index (χ4n) is 2.25. The van der Waals surface area contributed by atoms with Crippen molar-refractivity contribution >= 4 is 48.7 Å². The smallest absolute Gasteiger partial charge is 0.164 e. The van der Waals surface area contributed by atoms with Gasteiger partial charge in [-0.15, -0.1) is 37.2 Å². The van der Waals surface area contributed by atoms with E-state index in [0.717, 1.165) is 38.3 Å². The number of carbonyl (C=O) groups excluding carboxylic acids is 1. The molecule has 0 aliphatic carbocycles. The van der Waals surface area contributed by atoms with Gasteiger partial charge in [0.05, 0.1) is 0 Å². The van der Waals surface area contributed by atoms with Crippen molar-refractivity contribution in [2.45, 2.75) is 6.42 Å². The molecule has 1 N–H and O–H groups in total. The van der Waals surface area contributed by atoms with E-state index in [0.29, 0.717) is 6.42 Å². The molecule has 128 valence electrons. The number of carbonyl (C=O) groups is 1. The van der Waals surface area contributed by atoms with Crippen molar-refractivity contribution in [3.63, 3.8) is 0 Å². The highest BCUT2D eigenvalue weighted by atomic mass is 35.5. The predicted molar refractivity (Wildman–Crippen MR) is 101 cm³/mol. The second kappa shape index (κ2) is 12.0. The van der Waals surface area contributed by atoms with Crippen LogP contribution in [0.4, 0.5) is 5.69 Å². The lowest BCUT2D eigenvalue weighted by atomic mass is 10.1. The third-order valence-electron chi connectivity index (χ3n) is 3.46. The molecule has 1 saturated heterocycles. The van der Waals surface area contributed by atoms with Crippen LogP contribution in [0.3, 0.4) is 0 Å². The fourth-order valence-corrected chi connectivity index (χ4v) is 2.25. The quantitative estimate of drug-likeness (QED) is 0.808. The van der Waals surface area contributed by atoms with Gasteiger partial charge in [0.15, 0.2) is 5.78 Å². The Balaban J connectivity index is 0. The first-order valence-electron chi connectivity index (χ1n) is 6.90. The van der Waals surface area contributed by atoms with E-state index in [1.165, 1.54) is 5.69 Å². The number of nitrogens with zero attached hydrogens (tertiary/aromatic N) is 2. The second-order valence-corrected chi connectivity index (χ2v) is 5.26. The zero-order valence-corrected chi connectivity index (χ0v) is 15.5. The van der Waals surface area contributed by atoms with E-state index in [1.54, 1.807) is 0 Å². The molecule has 1 aromatic rings. The number of piperazine rings is 1. The van der Waals surface area contributed by atoms with Crippen molar-refractivity contribution in [1.82, 2.24) is 10.2 Å². The summed E-state index contributed by atoms with van der Waals surface area (Å²) in [6.45, 7) is 4.94. The Morgan fingerprint density at radius 1 is 1.09 bits per heavy atom. The number of halogens is 3. The fraction of sp³-hybridized carbons (Fsp3) is 0.533. The van der Waals surface area contributed by atoms with Gasteiger partial charge in [0.1, 0.15) is 0 Å². The Hall–Kier alpha value is -0.520. The summed E-state index contributed by atoms with van der Waals surface area (Å²) in [5.41, 5.74) is 2.03. The van der Waals surface area contributed by atoms with E-state index in [4.69, 9.17) is 0 Å². The molecule has 0 spiro atoms. The van der Waals surface area contributed by atoms with Crippen LogP contribution in [0.25, 0.3) is 0 Å².